The first-order chi connectivity index (χ1) is 20.4. The summed E-state index contributed by atoms with van der Waals surface area (Å²) in [6.45, 7) is 6.47. The highest BCUT2D eigenvalue weighted by molar-refractivity contribution is 5.89. The molecule has 218 valence electrons. The van der Waals surface area contributed by atoms with Crippen molar-refractivity contribution in [3.05, 3.63) is 71.1 Å². The van der Waals surface area contributed by atoms with Gasteiger partial charge in [-0.25, -0.2) is 9.78 Å². The van der Waals surface area contributed by atoms with Gasteiger partial charge >= 0.3 is 5.97 Å². The molecule has 0 unspecified atom stereocenters. The number of carboxylic acid groups (broad SMARTS) is 1. The summed E-state index contributed by atoms with van der Waals surface area (Å²) in [5.41, 5.74) is 9.04. The molecule has 42 heavy (non-hydrogen) atoms. The van der Waals surface area contributed by atoms with Crippen LogP contribution in [0.25, 0.3) is 39.6 Å². The van der Waals surface area contributed by atoms with E-state index in [1.165, 1.54) is 24.8 Å². The summed E-state index contributed by atoms with van der Waals surface area (Å²) in [5, 5.41) is 10.5. The van der Waals surface area contributed by atoms with Gasteiger partial charge in [0.25, 0.3) is 0 Å². The molecule has 4 heterocycles. The maximum Gasteiger partial charge on any atom is 0.328 e. The van der Waals surface area contributed by atoms with Crippen LogP contribution in [0.3, 0.4) is 0 Å². The van der Waals surface area contributed by atoms with Crippen LogP contribution in [-0.2, 0) is 20.9 Å². The highest BCUT2D eigenvalue weighted by Gasteiger charge is 2.27. The number of hydrogen-bond acceptors (Lipinski definition) is 4. The van der Waals surface area contributed by atoms with Crippen LogP contribution in [-0.4, -0.2) is 62.7 Å². The summed E-state index contributed by atoms with van der Waals surface area (Å²) in [5.74, 6) is -0.636. The molecule has 2 fully saturated rings. The average Bonchev–Trinajstić information content (AvgIpc) is 3.54. The van der Waals surface area contributed by atoms with Crippen molar-refractivity contribution >= 4 is 28.9 Å². The molecular formula is C34H38N4O4. The Balaban J connectivity index is 1.46. The summed E-state index contributed by atoms with van der Waals surface area (Å²) in [7, 11) is 0. The molecule has 3 aromatic heterocycles. The van der Waals surface area contributed by atoms with Crippen molar-refractivity contribution in [1.82, 2.24) is 19.4 Å². The van der Waals surface area contributed by atoms with Crippen LogP contribution in [0.15, 0.2) is 48.5 Å². The van der Waals surface area contributed by atoms with Crippen molar-refractivity contribution in [2.75, 3.05) is 26.3 Å². The van der Waals surface area contributed by atoms with Crippen LogP contribution in [0.1, 0.15) is 60.5 Å². The number of ether oxygens (including phenoxy) is 1. The Morgan fingerprint density at radius 1 is 1.05 bits per heavy atom. The fourth-order valence-electron chi connectivity index (χ4n) is 6.56. The smallest absolute Gasteiger partial charge is 0.328 e. The lowest BCUT2D eigenvalue weighted by Crippen LogP contribution is -2.42. The van der Waals surface area contributed by atoms with Crippen LogP contribution in [0.2, 0.25) is 0 Å². The van der Waals surface area contributed by atoms with E-state index in [-0.39, 0.29) is 12.5 Å². The van der Waals surface area contributed by atoms with Gasteiger partial charge in [-0.1, -0.05) is 31.4 Å². The third kappa shape index (κ3) is 5.77. The summed E-state index contributed by atoms with van der Waals surface area (Å²) >= 11 is 0. The summed E-state index contributed by atoms with van der Waals surface area (Å²) < 4.78 is 7.49. The maximum atomic E-state index is 13.5. The molecule has 1 saturated heterocycles. The maximum absolute atomic E-state index is 13.5. The Morgan fingerprint density at radius 3 is 2.55 bits per heavy atom. The minimum Gasteiger partial charge on any atom is -0.478 e. The van der Waals surface area contributed by atoms with Crippen molar-refractivity contribution in [2.24, 2.45) is 0 Å². The molecule has 8 heteroatoms. The summed E-state index contributed by atoms with van der Waals surface area (Å²) in [6.07, 6.45) is 8.54. The Bertz CT molecular complexity index is 1650. The lowest BCUT2D eigenvalue weighted by molar-refractivity contribution is -0.136. The number of aliphatic carboxylic acids is 1. The van der Waals surface area contributed by atoms with Gasteiger partial charge < -0.3 is 24.3 Å². The Morgan fingerprint density at radius 2 is 1.83 bits per heavy atom. The molecule has 0 atom stereocenters. The van der Waals surface area contributed by atoms with Crippen LogP contribution < -0.4 is 0 Å². The predicted octanol–water partition coefficient (Wildman–Crippen LogP) is 6.32. The molecule has 0 radical (unpaired) electrons. The molecule has 1 saturated carbocycles. The zero-order valence-corrected chi connectivity index (χ0v) is 24.4. The lowest BCUT2D eigenvalue weighted by Gasteiger charge is -2.28. The number of nitrogens with one attached hydrogen (secondary N) is 1. The topological polar surface area (TPSA) is 100 Å². The fourth-order valence-corrected chi connectivity index (χ4v) is 6.56. The average molecular weight is 567 g/mol. The van der Waals surface area contributed by atoms with E-state index >= 15 is 0 Å². The van der Waals surface area contributed by atoms with Gasteiger partial charge in [-0.2, -0.15) is 0 Å². The zero-order valence-electron chi connectivity index (χ0n) is 24.4. The van der Waals surface area contributed by atoms with E-state index in [4.69, 9.17) is 9.72 Å². The van der Waals surface area contributed by atoms with Crippen LogP contribution in [0.4, 0.5) is 0 Å². The van der Waals surface area contributed by atoms with Crippen molar-refractivity contribution in [3.63, 3.8) is 0 Å². The van der Waals surface area contributed by atoms with Gasteiger partial charge in [-0.05, 0) is 85.7 Å². The van der Waals surface area contributed by atoms with E-state index in [2.05, 4.69) is 54.4 Å². The molecule has 1 amide bonds. The number of pyridine rings is 1. The molecule has 4 aromatic rings. The van der Waals surface area contributed by atoms with Gasteiger partial charge in [0.1, 0.15) is 6.54 Å². The number of aryl methyl sites for hydroxylation is 2. The number of amides is 1. The van der Waals surface area contributed by atoms with Crippen molar-refractivity contribution in [3.8, 4) is 22.6 Å². The number of fused-ring (bicyclic) bond motifs is 1. The largest absolute Gasteiger partial charge is 0.478 e. The SMILES string of the molecule is Cc1cc(C)c(-c2ccc3cc(-c4c(C5CCCCC5)cc(C=CC(=O)O)n4CC(=O)N4CCOCC4)ccc3n2)[nH]1. The number of H-pyrrole nitrogens is 1. The van der Waals surface area contributed by atoms with Gasteiger partial charge in [0, 0.05) is 35.9 Å². The van der Waals surface area contributed by atoms with E-state index in [9.17, 15) is 14.7 Å². The Labute approximate surface area is 246 Å². The minimum absolute atomic E-state index is 0.0130. The number of morpholine rings is 1. The number of aromatic nitrogens is 3. The van der Waals surface area contributed by atoms with Gasteiger partial charge in [-0.3, -0.25) is 4.79 Å². The number of carbonyl (C=O) groups excluding carboxylic acids is 1. The second kappa shape index (κ2) is 12.0. The number of hydrogen-bond donors (Lipinski definition) is 2. The molecule has 1 aromatic carbocycles. The Hall–Kier alpha value is -4.17. The van der Waals surface area contributed by atoms with E-state index < -0.39 is 5.97 Å². The van der Waals surface area contributed by atoms with Gasteiger partial charge in [-0.15, -0.1) is 0 Å². The molecule has 1 aliphatic carbocycles. The third-order valence-corrected chi connectivity index (χ3v) is 8.63. The molecule has 0 spiro atoms. The highest BCUT2D eigenvalue weighted by Crippen LogP contribution is 2.41. The first-order valence-electron chi connectivity index (χ1n) is 14.9. The lowest BCUT2D eigenvalue weighted by atomic mass is 9.83. The van der Waals surface area contributed by atoms with E-state index in [1.54, 1.807) is 6.08 Å². The number of nitrogens with zero attached hydrogens (tertiary/aromatic N) is 3. The standard InChI is InChI=1S/C34H38N4O4/c1-22-18-23(2)35-33(22)30-12-8-25-19-26(9-11-29(25)36-30)34-28(24-6-4-3-5-7-24)20-27(10-13-32(40)41)38(34)21-31(39)37-14-16-42-17-15-37/h8-13,18-20,24,35H,3-7,14-17,21H2,1-2H3,(H,40,41). The second-order valence-corrected chi connectivity index (χ2v) is 11.6. The first kappa shape index (κ1) is 28.0. The quantitative estimate of drug-likeness (QED) is 0.255. The Kier molecular flexibility index (Phi) is 7.98. The van der Waals surface area contributed by atoms with Crippen LogP contribution in [0.5, 0.6) is 0 Å². The predicted molar refractivity (Wildman–Crippen MR) is 164 cm³/mol. The molecule has 2 aliphatic rings. The van der Waals surface area contributed by atoms with E-state index in [0.29, 0.717) is 32.2 Å². The summed E-state index contributed by atoms with van der Waals surface area (Å²) in [6, 6.07) is 14.7. The third-order valence-electron chi connectivity index (χ3n) is 8.63. The number of rotatable bonds is 7. The van der Waals surface area contributed by atoms with E-state index in [1.807, 2.05) is 16.4 Å². The monoisotopic (exact) mass is 566 g/mol. The minimum atomic E-state index is -1.01. The number of aromatic amines is 1. The highest BCUT2D eigenvalue weighted by atomic mass is 16.5. The van der Waals surface area contributed by atoms with Crippen LogP contribution >= 0.6 is 0 Å². The second-order valence-electron chi connectivity index (χ2n) is 11.6. The fraction of sp³-hybridized carbons (Fsp3) is 0.382. The molecule has 1 aliphatic heterocycles. The van der Waals surface area contributed by atoms with Crippen molar-refractivity contribution in [2.45, 2.75) is 58.4 Å². The van der Waals surface area contributed by atoms with Crippen molar-refractivity contribution < 1.29 is 19.4 Å². The van der Waals surface area contributed by atoms with Gasteiger partial charge in [0.15, 0.2) is 0 Å². The molecule has 0 bridgehead atoms. The number of benzene rings is 1. The number of carbonyl (C=O) groups is 2. The van der Waals surface area contributed by atoms with Crippen molar-refractivity contribution in [1.29, 1.82) is 0 Å². The number of carboxylic acids is 1. The molecule has 2 N–H and O–H groups in total. The zero-order chi connectivity index (χ0) is 29.2. The van der Waals surface area contributed by atoms with Crippen LogP contribution in [0, 0.1) is 13.8 Å². The van der Waals surface area contributed by atoms with Gasteiger partial charge in [0.2, 0.25) is 5.91 Å². The van der Waals surface area contributed by atoms with E-state index in [0.717, 1.165) is 69.4 Å². The molecule has 8 nitrogen and oxygen atoms in total. The molecular weight excluding hydrogens is 528 g/mol. The first-order valence-corrected chi connectivity index (χ1v) is 14.9. The summed E-state index contributed by atoms with van der Waals surface area (Å²) in [4.78, 5) is 35.3. The molecule has 6 rings (SSSR count). The van der Waals surface area contributed by atoms with Gasteiger partial charge in [0.05, 0.1) is 35.8 Å². The normalized spacial score (nSPS) is 16.5.